The molecule has 3 nitrogen and oxygen atoms in total. The molecular formula is C8H13N3. The molecular weight excluding hydrogens is 138 g/mol. The van der Waals surface area contributed by atoms with Crippen LogP contribution in [0.25, 0.3) is 0 Å². The lowest BCUT2D eigenvalue weighted by atomic mass is 10.3. The lowest BCUT2D eigenvalue weighted by Crippen LogP contribution is -2.30. The van der Waals surface area contributed by atoms with Crippen LogP contribution in [0.3, 0.4) is 0 Å². The summed E-state index contributed by atoms with van der Waals surface area (Å²) in [5, 5.41) is 0. The minimum absolute atomic E-state index is 0.821. The molecule has 1 heterocycles. The number of nitrogens with zero attached hydrogens (tertiary/aromatic N) is 1. The van der Waals surface area contributed by atoms with Crippen molar-refractivity contribution in [2.45, 2.75) is 13.5 Å². The number of hydrogen-bond donors (Lipinski definition) is 2. The zero-order valence-corrected chi connectivity index (χ0v) is 6.67. The summed E-state index contributed by atoms with van der Waals surface area (Å²) < 4.78 is 0. The lowest BCUT2D eigenvalue weighted by molar-refractivity contribution is 0.550. The fraction of sp³-hybridized carbons (Fsp3) is 0.375. The van der Waals surface area contributed by atoms with Crippen LogP contribution in [0.4, 0.5) is 0 Å². The van der Waals surface area contributed by atoms with E-state index in [0.29, 0.717) is 0 Å². The van der Waals surface area contributed by atoms with Crippen LogP contribution in [0.15, 0.2) is 24.5 Å². The molecule has 0 aliphatic heterocycles. The predicted molar refractivity (Wildman–Crippen MR) is 44.8 cm³/mol. The number of hydrazine groups is 1. The number of aromatic nitrogens is 1. The number of rotatable bonds is 4. The molecule has 1 aromatic heterocycles. The summed E-state index contributed by atoms with van der Waals surface area (Å²) in [4.78, 5) is 4.00. The van der Waals surface area contributed by atoms with E-state index in [-0.39, 0.29) is 0 Å². The Bertz CT molecular complexity index is 186. The van der Waals surface area contributed by atoms with Crippen molar-refractivity contribution in [1.82, 2.24) is 15.8 Å². The van der Waals surface area contributed by atoms with Crippen molar-refractivity contribution >= 4 is 0 Å². The van der Waals surface area contributed by atoms with Gasteiger partial charge in [0, 0.05) is 25.5 Å². The number of pyridine rings is 1. The summed E-state index contributed by atoms with van der Waals surface area (Å²) in [5.74, 6) is 0. The van der Waals surface area contributed by atoms with Crippen molar-refractivity contribution < 1.29 is 0 Å². The normalized spacial score (nSPS) is 9.91. The zero-order valence-electron chi connectivity index (χ0n) is 6.67. The molecule has 11 heavy (non-hydrogen) atoms. The van der Waals surface area contributed by atoms with Crippen molar-refractivity contribution in [2.24, 2.45) is 0 Å². The van der Waals surface area contributed by atoms with Crippen molar-refractivity contribution in [1.29, 1.82) is 0 Å². The van der Waals surface area contributed by atoms with Gasteiger partial charge in [0.15, 0.2) is 0 Å². The van der Waals surface area contributed by atoms with Gasteiger partial charge in [-0.1, -0.05) is 13.0 Å². The minimum atomic E-state index is 0.821. The van der Waals surface area contributed by atoms with Gasteiger partial charge in [-0.25, -0.2) is 0 Å². The smallest absolute Gasteiger partial charge is 0.0366 e. The Labute approximate surface area is 66.8 Å². The third kappa shape index (κ3) is 3.11. The van der Waals surface area contributed by atoms with Gasteiger partial charge in [-0.15, -0.1) is 0 Å². The summed E-state index contributed by atoms with van der Waals surface area (Å²) in [6, 6.07) is 3.97. The van der Waals surface area contributed by atoms with Crippen LogP contribution in [0.2, 0.25) is 0 Å². The topological polar surface area (TPSA) is 37.0 Å². The molecule has 0 fully saturated rings. The van der Waals surface area contributed by atoms with Crippen LogP contribution in [0.1, 0.15) is 12.5 Å². The molecule has 0 radical (unpaired) electrons. The molecule has 0 amide bonds. The highest BCUT2D eigenvalue weighted by Gasteiger charge is 1.87. The summed E-state index contributed by atoms with van der Waals surface area (Å²) >= 11 is 0. The fourth-order valence-corrected chi connectivity index (χ4v) is 0.792. The average Bonchev–Trinajstić information content (AvgIpc) is 2.07. The molecule has 1 aromatic rings. The highest BCUT2D eigenvalue weighted by Crippen LogP contribution is 1.92. The van der Waals surface area contributed by atoms with Crippen LogP contribution in [-0.2, 0) is 6.54 Å². The Hall–Kier alpha value is -0.930. The largest absolute Gasteiger partial charge is 0.264 e. The van der Waals surface area contributed by atoms with Gasteiger partial charge in [-0.3, -0.25) is 15.8 Å². The van der Waals surface area contributed by atoms with Gasteiger partial charge in [0.05, 0.1) is 0 Å². The summed E-state index contributed by atoms with van der Waals surface area (Å²) in [6.45, 7) is 3.80. The van der Waals surface area contributed by atoms with Crippen LogP contribution < -0.4 is 10.9 Å². The first kappa shape index (κ1) is 8.17. The minimum Gasteiger partial charge on any atom is -0.264 e. The van der Waals surface area contributed by atoms with Crippen molar-refractivity contribution in [3.05, 3.63) is 30.1 Å². The Morgan fingerprint density at radius 2 is 2.36 bits per heavy atom. The lowest BCUT2D eigenvalue weighted by Gasteiger charge is -2.02. The second-order valence-corrected chi connectivity index (χ2v) is 2.25. The Balaban J connectivity index is 2.28. The van der Waals surface area contributed by atoms with Crippen molar-refractivity contribution in [3.8, 4) is 0 Å². The molecule has 0 aromatic carbocycles. The molecule has 2 N–H and O–H groups in total. The highest BCUT2D eigenvalue weighted by atomic mass is 15.3. The maximum Gasteiger partial charge on any atom is 0.0366 e. The van der Waals surface area contributed by atoms with Gasteiger partial charge in [-0.05, 0) is 11.6 Å². The number of nitrogens with one attached hydrogen (secondary N) is 2. The van der Waals surface area contributed by atoms with Gasteiger partial charge in [0.25, 0.3) is 0 Å². The van der Waals surface area contributed by atoms with E-state index in [1.807, 2.05) is 18.3 Å². The SMILES string of the molecule is CCNNCc1cccnc1. The second kappa shape index (κ2) is 4.82. The van der Waals surface area contributed by atoms with Gasteiger partial charge in [0.1, 0.15) is 0 Å². The molecule has 0 spiro atoms. The molecule has 0 bridgehead atoms. The molecule has 0 aliphatic rings. The zero-order chi connectivity index (χ0) is 7.94. The molecule has 0 saturated heterocycles. The van der Waals surface area contributed by atoms with E-state index in [1.54, 1.807) is 6.20 Å². The summed E-state index contributed by atoms with van der Waals surface area (Å²) in [5.41, 5.74) is 7.27. The molecule has 0 unspecified atom stereocenters. The number of hydrogen-bond acceptors (Lipinski definition) is 3. The molecule has 0 atom stereocenters. The Morgan fingerprint density at radius 3 is 3.00 bits per heavy atom. The second-order valence-electron chi connectivity index (χ2n) is 2.25. The van der Waals surface area contributed by atoms with E-state index in [4.69, 9.17) is 0 Å². The van der Waals surface area contributed by atoms with Gasteiger partial charge >= 0.3 is 0 Å². The predicted octanol–water partition coefficient (Wildman–Crippen LogP) is 0.696. The molecule has 3 heteroatoms. The first-order valence-electron chi connectivity index (χ1n) is 3.78. The maximum atomic E-state index is 4.00. The van der Waals surface area contributed by atoms with Crippen LogP contribution in [0, 0.1) is 0 Å². The van der Waals surface area contributed by atoms with Gasteiger partial charge in [0.2, 0.25) is 0 Å². The van der Waals surface area contributed by atoms with E-state index in [1.165, 1.54) is 5.56 Å². The van der Waals surface area contributed by atoms with Crippen LogP contribution >= 0.6 is 0 Å². The Morgan fingerprint density at radius 1 is 1.45 bits per heavy atom. The average molecular weight is 151 g/mol. The van der Waals surface area contributed by atoms with Crippen LogP contribution in [0.5, 0.6) is 0 Å². The molecule has 0 aliphatic carbocycles. The van der Waals surface area contributed by atoms with E-state index >= 15 is 0 Å². The van der Waals surface area contributed by atoms with E-state index < -0.39 is 0 Å². The molecule has 0 saturated carbocycles. The molecule has 1 rings (SSSR count). The van der Waals surface area contributed by atoms with Gasteiger partial charge in [-0.2, -0.15) is 0 Å². The van der Waals surface area contributed by atoms with Crippen molar-refractivity contribution in [3.63, 3.8) is 0 Å². The third-order valence-electron chi connectivity index (χ3n) is 1.32. The third-order valence-corrected chi connectivity index (χ3v) is 1.32. The quantitative estimate of drug-likeness (QED) is 0.491. The Kier molecular flexibility index (Phi) is 3.58. The fourth-order valence-electron chi connectivity index (χ4n) is 0.792. The summed E-state index contributed by atoms with van der Waals surface area (Å²) in [7, 11) is 0. The first-order valence-corrected chi connectivity index (χ1v) is 3.78. The van der Waals surface area contributed by atoms with Gasteiger partial charge < -0.3 is 0 Å². The highest BCUT2D eigenvalue weighted by molar-refractivity contribution is 5.07. The maximum absolute atomic E-state index is 4.00. The first-order chi connectivity index (χ1) is 5.43. The van der Waals surface area contributed by atoms with E-state index in [9.17, 15) is 0 Å². The molecule has 60 valence electrons. The standard InChI is InChI=1S/C8H13N3/c1-2-10-11-7-8-4-3-5-9-6-8/h3-6,10-11H,2,7H2,1H3. The van der Waals surface area contributed by atoms with Crippen LogP contribution in [-0.4, -0.2) is 11.5 Å². The summed E-state index contributed by atoms with van der Waals surface area (Å²) in [6.07, 6.45) is 3.63. The van der Waals surface area contributed by atoms with E-state index in [2.05, 4.69) is 22.8 Å². The van der Waals surface area contributed by atoms with Crippen molar-refractivity contribution in [2.75, 3.05) is 6.54 Å². The monoisotopic (exact) mass is 151 g/mol. The van der Waals surface area contributed by atoms with E-state index in [0.717, 1.165) is 13.1 Å².